The van der Waals surface area contributed by atoms with E-state index < -0.39 is 69.2 Å². The van der Waals surface area contributed by atoms with Gasteiger partial charge in [-0.05, 0) is 28.5 Å². The molecule has 21 heteroatoms. The van der Waals surface area contributed by atoms with Gasteiger partial charge in [-0.25, -0.2) is 19.3 Å². The Morgan fingerprint density at radius 1 is 1.26 bits per heavy atom. The molecule has 2 aliphatic rings. The number of aliphatic hydroxyl groups is 1. The van der Waals surface area contributed by atoms with Crippen molar-refractivity contribution in [3.63, 3.8) is 0 Å². The van der Waals surface area contributed by atoms with Crippen LogP contribution in [-0.2, 0) is 39.4 Å². The largest absolute Gasteiger partial charge is 0.582 e. The van der Waals surface area contributed by atoms with Crippen molar-refractivity contribution < 1.29 is 42.0 Å². The number of anilines is 1. The quantitative estimate of drug-likeness (QED) is 0.120. The topological polar surface area (TPSA) is 211 Å². The fraction of sp³-hybridized carbons (Fsp3) is 0.455. The average Bonchev–Trinajstić information content (AvgIpc) is 3.73. The van der Waals surface area contributed by atoms with Gasteiger partial charge in [0, 0.05) is 29.9 Å². The zero-order valence-electron chi connectivity index (χ0n) is 21.8. The van der Waals surface area contributed by atoms with Crippen molar-refractivity contribution in [2.75, 3.05) is 18.9 Å². The first-order valence-corrected chi connectivity index (χ1v) is 17.6. The summed E-state index contributed by atoms with van der Waals surface area (Å²) in [4.78, 5) is 38.0. The number of aromatic nitrogens is 6. The van der Waals surface area contributed by atoms with E-state index in [9.17, 15) is 19.4 Å². The molecular formula is C22H25FN7O9P2S2+. The van der Waals surface area contributed by atoms with Crippen LogP contribution in [0.5, 0.6) is 0 Å². The Balaban J connectivity index is 1.20. The van der Waals surface area contributed by atoms with Crippen LogP contribution >= 0.6 is 26.2 Å². The lowest BCUT2D eigenvalue weighted by Crippen LogP contribution is -2.32. The molecule has 0 spiro atoms. The Kier molecular flexibility index (Phi) is 8.67. The first-order chi connectivity index (χ1) is 20.6. The Morgan fingerprint density at radius 3 is 2.84 bits per heavy atom. The number of aliphatic hydroxyl groups excluding tert-OH is 1. The summed E-state index contributed by atoms with van der Waals surface area (Å²) in [5.74, 6) is 0. The van der Waals surface area contributed by atoms with E-state index in [0.29, 0.717) is 16.7 Å². The van der Waals surface area contributed by atoms with Crippen molar-refractivity contribution in [2.45, 2.75) is 49.5 Å². The Bertz CT molecular complexity index is 1780. The Morgan fingerprint density at radius 2 is 2.07 bits per heavy atom. The number of pyridine rings is 1. The zero-order valence-corrected chi connectivity index (χ0v) is 25.3. The predicted octanol–water partition coefficient (Wildman–Crippen LogP) is 1.86. The third-order valence-corrected chi connectivity index (χ3v) is 9.35. The highest BCUT2D eigenvalue weighted by Crippen LogP contribution is 2.51. The van der Waals surface area contributed by atoms with Gasteiger partial charge < -0.3 is 43.8 Å². The van der Waals surface area contributed by atoms with Gasteiger partial charge in [0.15, 0.2) is 35.9 Å². The minimum Gasteiger partial charge on any atom is -0.398 e. The maximum absolute atomic E-state index is 15.7. The number of aromatic amines is 1. The number of imidazole rings is 1. The van der Waals surface area contributed by atoms with E-state index in [1.807, 2.05) is 0 Å². The highest BCUT2D eigenvalue weighted by atomic mass is 32.7. The fourth-order valence-corrected chi connectivity index (χ4v) is 7.39. The SMILES string of the molecule is Nc1ccnc2c1ccn2[C@@H]1O[C@H](COP(O)(=S)O[C@@H]2C[C@@H](CO)O[C@H]2n2cnc3c(=O)[nH]cnc32)[C@@H](O[P+](=O)S)[C@@H]1F. The van der Waals surface area contributed by atoms with E-state index in [4.69, 9.17) is 40.6 Å². The molecule has 2 saturated heterocycles. The third kappa shape index (κ3) is 6.00. The van der Waals surface area contributed by atoms with Crippen LogP contribution in [0.1, 0.15) is 18.9 Å². The van der Waals surface area contributed by atoms with Crippen LogP contribution in [-0.4, -0.2) is 82.9 Å². The number of hydrogen-bond donors (Lipinski definition) is 5. The van der Waals surface area contributed by atoms with E-state index in [-0.39, 0.29) is 24.2 Å². The van der Waals surface area contributed by atoms with Gasteiger partial charge in [0.05, 0.1) is 32.0 Å². The molecule has 4 aromatic heterocycles. The number of H-pyrrole nitrogens is 1. The molecule has 5 N–H and O–H groups in total. The lowest BCUT2D eigenvalue weighted by atomic mass is 10.1. The number of nitrogen functional groups attached to an aromatic ring is 1. The van der Waals surface area contributed by atoms with Crippen molar-refractivity contribution >= 4 is 65.9 Å². The Labute approximate surface area is 252 Å². The Hall–Kier alpha value is -2.41. The van der Waals surface area contributed by atoms with Gasteiger partial charge in [0.1, 0.15) is 30.1 Å². The average molecular weight is 677 g/mol. The van der Waals surface area contributed by atoms with Crippen LogP contribution in [0.3, 0.4) is 0 Å². The van der Waals surface area contributed by atoms with Gasteiger partial charge in [-0.3, -0.25) is 9.36 Å². The highest BCUT2D eigenvalue weighted by Gasteiger charge is 2.52. The first-order valence-electron chi connectivity index (χ1n) is 12.7. The van der Waals surface area contributed by atoms with Gasteiger partial charge in [-0.1, -0.05) is 0 Å². The summed E-state index contributed by atoms with van der Waals surface area (Å²) in [6.45, 7) is -4.95. The molecule has 6 heterocycles. The number of nitrogens with two attached hydrogens (primary N) is 1. The molecule has 2 unspecified atom stereocenters. The van der Waals surface area contributed by atoms with Crippen molar-refractivity contribution in [3.8, 4) is 0 Å². The number of nitrogens with one attached hydrogen (secondary N) is 1. The lowest BCUT2D eigenvalue weighted by Gasteiger charge is -2.25. The van der Waals surface area contributed by atoms with Crippen molar-refractivity contribution in [3.05, 3.63) is 47.5 Å². The second-order valence-corrected chi connectivity index (χ2v) is 14.2. The number of alkyl halides is 1. The summed E-state index contributed by atoms with van der Waals surface area (Å²) >= 11 is 9.00. The number of halogens is 1. The molecule has 0 amide bonds. The van der Waals surface area contributed by atoms with Crippen LogP contribution in [0.15, 0.2) is 42.0 Å². The van der Waals surface area contributed by atoms with E-state index in [2.05, 4.69) is 32.2 Å². The van der Waals surface area contributed by atoms with Gasteiger partial charge in [0.25, 0.3) is 5.56 Å². The van der Waals surface area contributed by atoms with Crippen LogP contribution in [0.25, 0.3) is 22.2 Å². The molecule has 230 valence electrons. The number of nitrogens with zero attached hydrogens (tertiary/aromatic N) is 5. The molecule has 2 aliphatic heterocycles. The van der Waals surface area contributed by atoms with Gasteiger partial charge in [-0.2, -0.15) is 0 Å². The van der Waals surface area contributed by atoms with Gasteiger partial charge in [-0.15, -0.1) is 4.52 Å². The smallest absolute Gasteiger partial charge is 0.398 e. The standard InChI is InChI=1S/C22H24FN7O9P2S2/c23-15-17(38-40(33)42)14(37-22(15)29-4-2-11-12(24)1-3-25-18(11)29)7-35-41(34,43)39-13-5-10(6-31)36-21(13)30-9-28-16-19(30)26-8-27-20(16)32/h1-4,8-10,13-15,17,21-22,31H,5-7H2,(H4-,24,25,26,27,32,33,34,42,43)/p+1/t10-,13+,14+,15-,17+,21+,22+,41?/m0/s1. The molecule has 6 rings (SSSR count). The van der Waals surface area contributed by atoms with E-state index in [0.717, 1.165) is 0 Å². The summed E-state index contributed by atoms with van der Waals surface area (Å²) in [6.07, 6.45) is -2.74. The summed E-state index contributed by atoms with van der Waals surface area (Å²) in [6, 6.07) is 3.26. The molecule has 0 aliphatic carbocycles. The number of thiol groups is 1. The molecule has 9 atom stereocenters. The molecule has 43 heavy (non-hydrogen) atoms. The molecule has 0 radical (unpaired) electrons. The maximum Gasteiger partial charge on any atom is 0.582 e. The predicted molar refractivity (Wildman–Crippen MR) is 156 cm³/mol. The van der Waals surface area contributed by atoms with E-state index in [1.54, 1.807) is 18.3 Å². The lowest BCUT2D eigenvalue weighted by molar-refractivity contribution is -0.0537. The van der Waals surface area contributed by atoms with Crippen molar-refractivity contribution in [1.29, 1.82) is 0 Å². The second kappa shape index (κ2) is 12.2. The molecule has 0 bridgehead atoms. The van der Waals surface area contributed by atoms with Crippen LogP contribution < -0.4 is 11.3 Å². The van der Waals surface area contributed by atoms with E-state index in [1.165, 1.54) is 28.0 Å². The monoisotopic (exact) mass is 676 g/mol. The number of ether oxygens (including phenoxy) is 2. The van der Waals surface area contributed by atoms with Crippen molar-refractivity contribution in [2.24, 2.45) is 0 Å². The third-order valence-electron chi connectivity index (χ3n) is 7.06. The van der Waals surface area contributed by atoms with Crippen LogP contribution in [0.4, 0.5) is 10.1 Å². The summed E-state index contributed by atoms with van der Waals surface area (Å²) in [7, 11) is -2.55. The fourth-order valence-electron chi connectivity index (χ4n) is 5.16. The van der Waals surface area contributed by atoms with Gasteiger partial charge >= 0.3 is 13.9 Å². The number of hydrogen-bond acceptors (Lipinski definition) is 13. The molecule has 0 aromatic carbocycles. The molecular weight excluding hydrogens is 651 g/mol. The first kappa shape index (κ1) is 30.6. The molecule has 16 nitrogen and oxygen atoms in total. The van der Waals surface area contributed by atoms with Crippen molar-refractivity contribution in [1.82, 2.24) is 29.1 Å². The zero-order chi connectivity index (χ0) is 30.5. The molecule has 4 aromatic rings. The van der Waals surface area contributed by atoms with Crippen LogP contribution in [0, 0.1) is 0 Å². The minimum atomic E-state index is -4.08. The summed E-state index contributed by atoms with van der Waals surface area (Å²) < 4.78 is 58.7. The summed E-state index contributed by atoms with van der Waals surface area (Å²) in [5, 5.41) is 10.3. The maximum atomic E-state index is 15.7. The number of rotatable bonds is 10. The molecule has 2 fully saturated rings. The molecule has 0 saturated carbocycles. The van der Waals surface area contributed by atoms with Crippen LogP contribution in [0.2, 0.25) is 0 Å². The van der Waals surface area contributed by atoms with Gasteiger partial charge in [0.2, 0.25) is 0 Å². The highest BCUT2D eigenvalue weighted by molar-refractivity contribution is 8.39. The normalized spacial score (nSPS) is 29.4. The number of fused-ring (bicyclic) bond motifs is 2. The minimum absolute atomic E-state index is 0.0487. The van der Waals surface area contributed by atoms with E-state index >= 15 is 4.39 Å². The second-order valence-electron chi connectivity index (χ2n) is 9.71. The summed E-state index contributed by atoms with van der Waals surface area (Å²) in [5.41, 5.74) is 6.55.